The van der Waals surface area contributed by atoms with E-state index in [1.54, 1.807) is 0 Å². The molecule has 2 aromatic rings. The van der Waals surface area contributed by atoms with Gasteiger partial charge in [0.05, 0.1) is 31.7 Å². The number of ether oxygens (including phenoxy) is 1. The van der Waals surface area contributed by atoms with Crippen molar-refractivity contribution >= 4 is 29.4 Å². The average molecular weight is 570 g/mol. The molecule has 9 nitrogen and oxygen atoms in total. The zero-order valence-corrected chi connectivity index (χ0v) is 23.9. The molecule has 222 valence electrons. The fraction of sp³-hybridized carbons (Fsp3) is 0.452. The molecule has 2 rings (SSSR count). The van der Waals surface area contributed by atoms with E-state index in [4.69, 9.17) is 10.5 Å². The number of nitrogens with two attached hydrogens (primary N) is 1. The molecule has 0 bridgehead atoms. The van der Waals surface area contributed by atoms with E-state index >= 15 is 0 Å². The number of ketones is 2. The van der Waals surface area contributed by atoms with Gasteiger partial charge in [-0.15, -0.1) is 0 Å². The van der Waals surface area contributed by atoms with Crippen LogP contribution in [0, 0.1) is 17.7 Å². The van der Waals surface area contributed by atoms with Crippen molar-refractivity contribution in [3.63, 3.8) is 0 Å². The van der Waals surface area contributed by atoms with Gasteiger partial charge < -0.3 is 21.1 Å². The Morgan fingerprint density at radius 1 is 0.902 bits per heavy atom. The molecular formula is C31H40FN3O6. The predicted octanol–water partition coefficient (Wildman–Crippen LogP) is 2.68. The van der Waals surface area contributed by atoms with Crippen LogP contribution >= 0.6 is 0 Å². The van der Waals surface area contributed by atoms with Gasteiger partial charge in [0.1, 0.15) is 5.82 Å². The van der Waals surface area contributed by atoms with Crippen LogP contribution in [0.4, 0.5) is 4.39 Å². The number of benzene rings is 2. The van der Waals surface area contributed by atoms with Gasteiger partial charge >= 0.3 is 5.97 Å². The van der Waals surface area contributed by atoms with Gasteiger partial charge in [-0.3, -0.25) is 24.0 Å². The highest BCUT2D eigenvalue weighted by Crippen LogP contribution is 2.19. The Morgan fingerprint density at radius 2 is 1.54 bits per heavy atom. The van der Waals surface area contributed by atoms with Crippen LogP contribution in [0.2, 0.25) is 0 Å². The third-order valence-electron chi connectivity index (χ3n) is 6.54. The number of amides is 2. The number of rotatable bonds is 17. The Morgan fingerprint density at radius 3 is 2.15 bits per heavy atom. The van der Waals surface area contributed by atoms with Crippen molar-refractivity contribution in [1.29, 1.82) is 0 Å². The van der Waals surface area contributed by atoms with Gasteiger partial charge in [-0.05, 0) is 48.4 Å². The standard InChI is InChI=1S/C31H40FN3O6/c1-20(2)15-23(31(40)41-3)18-28(37)27(17-21-7-5-4-6-8-21)35-29(38)14-13-25(36)19-34-30(39)26(33)16-22-9-11-24(32)12-10-22/h4-12,20,23,26-27H,13-19,33H2,1-3H3,(H,34,39)(H,35,38)/t23-,26+,27+/m1/s1. The first-order chi connectivity index (χ1) is 19.5. The Labute approximate surface area is 240 Å². The maximum atomic E-state index is 13.3. The summed E-state index contributed by atoms with van der Waals surface area (Å²) in [7, 11) is 1.28. The molecule has 10 heteroatoms. The van der Waals surface area contributed by atoms with Crippen LogP contribution in [0.25, 0.3) is 0 Å². The number of nitrogens with one attached hydrogen (secondary N) is 2. The largest absolute Gasteiger partial charge is 0.469 e. The van der Waals surface area contributed by atoms with Crippen molar-refractivity contribution in [2.75, 3.05) is 13.7 Å². The second-order valence-corrected chi connectivity index (χ2v) is 10.5. The third kappa shape index (κ3) is 12.4. The summed E-state index contributed by atoms with van der Waals surface area (Å²) in [5.41, 5.74) is 7.40. The van der Waals surface area contributed by atoms with Crippen molar-refractivity contribution in [3.05, 3.63) is 71.5 Å². The smallest absolute Gasteiger partial charge is 0.309 e. The second kappa shape index (κ2) is 17.0. The van der Waals surface area contributed by atoms with Crippen molar-refractivity contribution in [2.24, 2.45) is 17.6 Å². The molecule has 0 saturated heterocycles. The van der Waals surface area contributed by atoms with Crippen molar-refractivity contribution in [1.82, 2.24) is 10.6 Å². The molecule has 0 unspecified atom stereocenters. The lowest BCUT2D eigenvalue weighted by molar-refractivity contribution is -0.148. The highest BCUT2D eigenvalue weighted by molar-refractivity contribution is 5.93. The zero-order valence-electron chi connectivity index (χ0n) is 23.9. The van der Waals surface area contributed by atoms with E-state index < -0.39 is 41.6 Å². The first-order valence-electron chi connectivity index (χ1n) is 13.7. The number of carbonyl (C=O) groups excluding carboxylic acids is 5. The number of Topliss-reactive ketones (excluding diaryl/α,β-unsaturated/α-hetero) is 2. The van der Waals surface area contributed by atoms with Crippen LogP contribution in [-0.4, -0.2) is 55.1 Å². The number of esters is 1. The molecular weight excluding hydrogens is 529 g/mol. The molecule has 0 aliphatic heterocycles. The molecule has 0 spiro atoms. The second-order valence-electron chi connectivity index (χ2n) is 10.5. The Balaban J connectivity index is 1.91. The van der Waals surface area contributed by atoms with Gasteiger partial charge in [-0.25, -0.2) is 4.39 Å². The van der Waals surface area contributed by atoms with Crippen LogP contribution in [0.15, 0.2) is 54.6 Å². The fourth-order valence-electron chi connectivity index (χ4n) is 4.37. The SMILES string of the molecule is COC(=O)[C@@H](CC(=O)[C@H](Cc1ccccc1)NC(=O)CCC(=O)CNC(=O)[C@@H](N)Cc1ccc(F)cc1)CC(C)C. The zero-order chi connectivity index (χ0) is 30.4. The highest BCUT2D eigenvalue weighted by atomic mass is 19.1. The van der Waals surface area contributed by atoms with Crippen LogP contribution in [0.1, 0.15) is 50.7 Å². The van der Waals surface area contributed by atoms with Gasteiger partial charge in [0.15, 0.2) is 11.6 Å². The van der Waals surface area contributed by atoms with Gasteiger partial charge in [-0.1, -0.05) is 56.3 Å². The number of hydrogen-bond acceptors (Lipinski definition) is 7. The minimum absolute atomic E-state index is 0.0776. The van der Waals surface area contributed by atoms with E-state index in [9.17, 15) is 28.4 Å². The summed E-state index contributed by atoms with van der Waals surface area (Å²) in [5.74, 6) is -3.04. The summed E-state index contributed by atoms with van der Waals surface area (Å²) < 4.78 is 17.9. The maximum Gasteiger partial charge on any atom is 0.309 e. The first-order valence-corrected chi connectivity index (χ1v) is 13.7. The molecule has 0 saturated carbocycles. The molecule has 0 fully saturated rings. The van der Waals surface area contributed by atoms with Gasteiger partial charge in [0, 0.05) is 19.3 Å². The van der Waals surface area contributed by atoms with Gasteiger partial charge in [0.25, 0.3) is 0 Å². The number of hydrogen-bond donors (Lipinski definition) is 3. The van der Waals surface area contributed by atoms with Crippen LogP contribution in [0.3, 0.4) is 0 Å². The molecule has 0 radical (unpaired) electrons. The minimum atomic E-state index is -0.925. The summed E-state index contributed by atoms with van der Waals surface area (Å²) in [5, 5.41) is 5.19. The quantitative estimate of drug-likeness (QED) is 0.249. The minimum Gasteiger partial charge on any atom is -0.469 e. The summed E-state index contributed by atoms with van der Waals surface area (Å²) >= 11 is 0. The third-order valence-corrected chi connectivity index (χ3v) is 6.54. The van der Waals surface area contributed by atoms with Crippen molar-refractivity contribution in [2.45, 2.75) is 64.5 Å². The van der Waals surface area contributed by atoms with Crippen LogP contribution < -0.4 is 16.4 Å². The van der Waals surface area contributed by atoms with Crippen molar-refractivity contribution in [3.8, 4) is 0 Å². The van der Waals surface area contributed by atoms with Gasteiger partial charge in [-0.2, -0.15) is 0 Å². The Bertz CT molecular complexity index is 1170. The van der Waals surface area contributed by atoms with E-state index in [1.807, 2.05) is 44.2 Å². The molecule has 41 heavy (non-hydrogen) atoms. The summed E-state index contributed by atoms with van der Waals surface area (Å²) in [6, 6.07) is 13.0. The Kier molecular flexibility index (Phi) is 13.8. The van der Waals surface area contributed by atoms with Crippen LogP contribution in [0.5, 0.6) is 0 Å². The summed E-state index contributed by atoms with van der Waals surface area (Å²) in [4.78, 5) is 62.9. The van der Waals surface area contributed by atoms with E-state index in [1.165, 1.54) is 31.4 Å². The highest BCUT2D eigenvalue weighted by Gasteiger charge is 2.29. The van der Waals surface area contributed by atoms with E-state index in [2.05, 4.69) is 10.6 Å². The topological polar surface area (TPSA) is 145 Å². The molecule has 4 N–H and O–H groups in total. The molecule has 3 atom stereocenters. The van der Waals surface area contributed by atoms with E-state index in [-0.39, 0.29) is 56.1 Å². The number of halogens is 1. The van der Waals surface area contributed by atoms with Crippen LogP contribution in [-0.2, 0) is 41.6 Å². The number of methoxy groups -OCH3 is 1. The molecule has 2 aromatic carbocycles. The Hall–Kier alpha value is -3.92. The molecule has 2 amide bonds. The molecule has 0 heterocycles. The summed E-state index contributed by atoms with van der Waals surface area (Å²) in [6.45, 7) is 3.59. The average Bonchev–Trinajstić information content (AvgIpc) is 2.95. The van der Waals surface area contributed by atoms with E-state index in [0.717, 1.165) is 5.56 Å². The normalized spacial score (nSPS) is 13.1. The van der Waals surface area contributed by atoms with Gasteiger partial charge in [0.2, 0.25) is 11.8 Å². The molecule has 0 aliphatic rings. The summed E-state index contributed by atoms with van der Waals surface area (Å²) in [6.07, 6.45) is 0.472. The first kappa shape index (κ1) is 33.3. The molecule has 0 aliphatic carbocycles. The number of carbonyl (C=O) groups is 5. The lowest BCUT2D eigenvalue weighted by atomic mass is 9.89. The monoisotopic (exact) mass is 569 g/mol. The lowest BCUT2D eigenvalue weighted by Gasteiger charge is -2.21. The van der Waals surface area contributed by atoms with E-state index in [0.29, 0.717) is 12.0 Å². The predicted molar refractivity (Wildman–Crippen MR) is 152 cm³/mol. The maximum absolute atomic E-state index is 13.3. The fourth-order valence-corrected chi connectivity index (χ4v) is 4.37. The molecule has 0 aromatic heterocycles. The van der Waals surface area contributed by atoms with Crippen molar-refractivity contribution < 1.29 is 33.1 Å². The lowest BCUT2D eigenvalue weighted by Crippen LogP contribution is -2.44.